The first-order chi connectivity index (χ1) is 18.6. The third kappa shape index (κ3) is 5.66. The molecule has 0 radical (unpaired) electrons. The molecule has 11 nitrogen and oxygen atoms in total. The van der Waals surface area contributed by atoms with Crippen molar-refractivity contribution >= 4 is 44.1 Å². The fourth-order valence-electron chi connectivity index (χ4n) is 4.82. The van der Waals surface area contributed by atoms with Gasteiger partial charge in [0.1, 0.15) is 5.39 Å². The summed E-state index contributed by atoms with van der Waals surface area (Å²) in [6.45, 7) is 10.1. The fraction of sp³-hybridized carbons (Fsp3) is 0.296. The molecule has 204 valence electrons. The van der Waals surface area contributed by atoms with E-state index in [-0.39, 0.29) is 12.1 Å². The number of hydrogen-bond donors (Lipinski definition) is 2. The standard InChI is InChI=1S/C27H32N8O3S/c1-5-11-34-26(36)23-18-28-27(29-20-9-10-24(19(2)16-20)33-14-12-32(3)13-15-33)30-25(23)35(34)22-8-6-7-21(17-22)31-39(4,37)38/h5-10,16-18,31H,1,11-15H2,2-4H3,(H,28,29,30). The second-order valence-corrected chi connectivity index (χ2v) is 11.5. The zero-order valence-corrected chi connectivity index (χ0v) is 23.1. The average Bonchev–Trinajstić information content (AvgIpc) is 3.15. The Balaban J connectivity index is 1.51. The van der Waals surface area contributed by atoms with Crippen LogP contribution in [0.25, 0.3) is 16.7 Å². The molecule has 2 aromatic heterocycles. The molecule has 0 bridgehead atoms. The number of anilines is 4. The Kier molecular flexibility index (Phi) is 7.15. The quantitative estimate of drug-likeness (QED) is 0.323. The molecule has 4 aromatic rings. The molecular formula is C27H32N8O3S. The van der Waals surface area contributed by atoms with Crippen molar-refractivity contribution in [3.63, 3.8) is 0 Å². The number of aryl methyl sites for hydroxylation is 1. The molecule has 1 saturated heterocycles. The average molecular weight is 549 g/mol. The molecule has 0 spiro atoms. The van der Waals surface area contributed by atoms with Crippen LogP contribution in [-0.2, 0) is 16.6 Å². The second-order valence-electron chi connectivity index (χ2n) is 9.76. The Labute approximate surface area is 227 Å². The summed E-state index contributed by atoms with van der Waals surface area (Å²) in [5.41, 5.74) is 4.25. The number of allylic oxidation sites excluding steroid dienone is 1. The minimum absolute atomic E-state index is 0.231. The number of benzene rings is 2. The number of likely N-dealkylation sites (N-methyl/N-ethyl adjacent to an activating group) is 1. The lowest BCUT2D eigenvalue weighted by Crippen LogP contribution is -2.44. The first kappa shape index (κ1) is 26.4. The van der Waals surface area contributed by atoms with Gasteiger partial charge in [0.05, 0.1) is 24.2 Å². The maximum absolute atomic E-state index is 13.2. The summed E-state index contributed by atoms with van der Waals surface area (Å²) in [6.07, 6.45) is 4.21. The van der Waals surface area contributed by atoms with Gasteiger partial charge in [-0.1, -0.05) is 12.1 Å². The highest BCUT2D eigenvalue weighted by molar-refractivity contribution is 7.92. The fourth-order valence-corrected chi connectivity index (χ4v) is 5.37. The number of aromatic nitrogens is 4. The molecule has 3 heterocycles. The zero-order chi connectivity index (χ0) is 27.7. The van der Waals surface area contributed by atoms with Gasteiger partial charge in [0.15, 0.2) is 5.65 Å². The van der Waals surface area contributed by atoms with Gasteiger partial charge in [-0.05, 0) is 55.9 Å². The Morgan fingerprint density at radius 2 is 1.85 bits per heavy atom. The third-order valence-corrected chi connectivity index (χ3v) is 7.27. The highest BCUT2D eigenvalue weighted by Crippen LogP contribution is 2.27. The SMILES string of the molecule is C=CCn1c(=O)c2cnc(Nc3ccc(N4CCN(C)CC4)c(C)c3)nc2n1-c1cccc(NS(C)(=O)=O)c1. The van der Waals surface area contributed by atoms with E-state index in [4.69, 9.17) is 4.98 Å². The summed E-state index contributed by atoms with van der Waals surface area (Å²) < 4.78 is 29.2. The number of rotatable bonds is 8. The molecule has 12 heteroatoms. The van der Waals surface area contributed by atoms with E-state index in [2.05, 4.69) is 57.5 Å². The van der Waals surface area contributed by atoms with E-state index >= 15 is 0 Å². The molecule has 2 N–H and O–H groups in total. The first-order valence-electron chi connectivity index (χ1n) is 12.6. The number of nitrogens with zero attached hydrogens (tertiary/aromatic N) is 6. The molecule has 2 aromatic carbocycles. The highest BCUT2D eigenvalue weighted by Gasteiger charge is 2.19. The Morgan fingerprint density at radius 1 is 1.08 bits per heavy atom. The minimum Gasteiger partial charge on any atom is -0.369 e. The number of fused-ring (bicyclic) bond motifs is 1. The second kappa shape index (κ2) is 10.5. The van der Waals surface area contributed by atoms with Gasteiger partial charge >= 0.3 is 0 Å². The van der Waals surface area contributed by atoms with Crippen molar-refractivity contribution in [3.8, 4) is 5.69 Å². The van der Waals surface area contributed by atoms with Gasteiger partial charge in [0, 0.05) is 43.8 Å². The predicted octanol–water partition coefficient (Wildman–Crippen LogP) is 2.94. The molecule has 0 amide bonds. The zero-order valence-electron chi connectivity index (χ0n) is 22.3. The monoisotopic (exact) mass is 548 g/mol. The lowest BCUT2D eigenvalue weighted by Gasteiger charge is -2.35. The van der Waals surface area contributed by atoms with Crippen LogP contribution >= 0.6 is 0 Å². The maximum Gasteiger partial charge on any atom is 0.278 e. The summed E-state index contributed by atoms with van der Waals surface area (Å²) in [4.78, 5) is 27.1. The van der Waals surface area contributed by atoms with Crippen LogP contribution in [-0.4, -0.2) is 72.1 Å². The normalized spacial score (nSPS) is 14.5. The van der Waals surface area contributed by atoms with Crippen molar-refractivity contribution in [2.75, 3.05) is 54.4 Å². The molecule has 0 atom stereocenters. The van der Waals surface area contributed by atoms with E-state index in [1.807, 2.05) is 6.07 Å². The van der Waals surface area contributed by atoms with Crippen LogP contribution in [0.3, 0.4) is 0 Å². The Bertz CT molecular complexity index is 1700. The van der Waals surface area contributed by atoms with Gasteiger partial charge in [-0.15, -0.1) is 6.58 Å². The van der Waals surface area contributed by atoms with Crippen LogP contribution in [0.1, 0.15) is 5.56 Å². The minimum atomic E-state index is -3.48. The topological polar surface area (TPSA) is 117 Å². The number of piperazine rings is 1. The van der Waals surface area contributed by atoms with Gasteiger partial charge in [-0.2, -0.15) is 4.98 Å². The van der Waals surface area contributed by atoms with Crippen LogP contribution in [0.2, 0.25) is 0 Å². The third-order valence-electron chi connectivity index (χ3n) is 6.67. The van der Waals surface area contributed by atoms with Crippen LogP contribution in [0, 0.1) is 6.92 Å². The molecule has 1 aliphatic rings. The largest absolute Gasteiger partial charge is 0.369 e. The summed E-state index contributed by atoms with van der Waals surface area (Å²) in [5, 5.41) is 3.61. The van der Waals surface area contributed by atoms with Crippen molar-refractivity contribution in [1.29, 1.82) is 0 Å². The number of hydrogen-bond acceptors (Lipinski definition) is 8. The van der Waals surface area contributed by atoms with Gasteiger partial charge in [0.2, 0.25) is 16.0 Å². The van der Waals surface area contributed by atoms with E-state index in [0.717, 1.165) is 43.7 Å². The maximum atomic E-state index is 13.2. The Morgan fingerprint density at radius 3 is 2.54 bits per heavy atom. The number of nitrogens with one attached hydrogen (secondary N) is 2. The van der Waals surface area contributed by atoms with Crippen LogP contribution in [0.15, 0.2) is 66.1 Å². The van der Waals surface area contributed by atoms with E-state index in [1.54, 1.807) is 35.0 Å². The smallest absolute Gasteiger partial charge is 0.278 e. The van der Waals surface area contributed by atoms with E-state index in [1.165, 1.54) is 16.6 Å². The van der Waals surface area contributed by atoms with Gasteiger partial charge in [-0.25, -0.2) is 22.8 Å². The summed E-state index contributed by atoms with van der Waals surface area (Å²) in [5.74, 6) is 0.337. The molecule has 39 heavy (non-hydrogen) atoms. The van der Waals surface area contributed by atoms with Gasteiger partial charge in [-0.3, -0.25) is 9.52 Å². The molecule has 0 unspecified atom stereocenters. The molecular weight excluding hydrogens is 516 g/mol. The van der Waals surface area contributed by atoms with Crippen LogP contribution in [0.5, 0.6) is 0 Å². The van der Waals surface area contributed by atoms with Gasteiger partial charge < -0.3 is 15.1 Å². The molecule has 5 rings (SSSR count). The molecule has 1 aliphatic heterocycles. The number of sulfonamides is 1. The van der Waals surface area contributed by atoms with Crippen molar-refractivity contribution in [3.05, 3.63) is 77.2 Å². The molecule has 0 saturated carbocycles. The molecule has 0 aliphatic carbocycles. The van der Waals surface area contributed by atoms with Crippen LogP contribution < -0.4 is 20.5 Å². The van der Waals surface area contributed by atoms with E-state index in [0.29, 0.717) is 28.4 Å². The van der Waals surface area contributed by atoms with Crippen molar-refractivity contribution in [1.82, 2.24) is 24.2 Å². The van der Waals surface area contributed by atoms with Gasteiger partial charge in [0.25, 0.3) is 5.56 Å². The summed E-state index contributed by atoms with van der Waals surface area (Å²) in [7, 11) is -1.34. The Hall–Kier alpha value is -4.16. The van der Waals surface area contributed by atoms with E-state index in [9.17, 15) is 13.2 Å². The summed E-state index contributed by atoms with van der Waals surface area (Å²) in [6, 6.07) is 13.0. The van der Waals surface area contributed by atoms with Crippen molar-refractivity contribution < 1.29 is 8.42 Å². The van der Waals surface area contributed by atoms with E-state index < -0.39 is 10.0 Å². The lowest BCUT2D eigenvalue weighted by atomic mass is 10.1. The lowest BCUT2D eigenvalue weighted by molar-refractivity contribution is 0.312. The molecule has 1 fully saturated rings. The predicted molar refractivity (Wildman–Crippen MR) is 156 cm³/mol. The van der Waals surface area contributed by atoms with Crippen molar-refractivity contribution in [2.45, 2.75) is 13.5 Å². The first-order valence-corrected chi connectivity index (χ1v) is 14.5. The van der Waals surface area contributed by atoms with Crippen LogP contribution in [0.4, 0.5) is 23.0 Å². The van der Waals surface area contributed by atoms with Crippen molar-refractivity contribution in [2.24, 2.45) is 0 Å². The highest BCUT2D eigenvalue weighted by atomic mass is 32.2. The summed E-state index contributed by atoms with van der Waals surface area (Å²) >= 11 is 0.